The molecule has 52 heavy (non-hydrogen) atoms. The Morgan fingerprint density at radius 1 is 1.08 bits per heavy atom. The number of alkyl halides is 6. The molecule has 2 saturated heterocycles. The van der Waals surface area contributed by atoms with Crippen molar-refractivity contribution in [2.24, 2.45) is 0 Å². The number of piperidine rings is 2. The molecule has 2 aromatic carbocycles. The smallest absolute Gasteiger partial charge is 0.418 e. The van der Waals surface area contributed by atoms with Crippen molar-refractivity contribution in [1.29, 1.82) is 0 Å². The summed E-state index contributed by atoms with van der Waals surface area (Å²) in [6, 6.07) is 7.91. The normalized spacial score (nSPS) is 18.3. The number of para-hydroxylation sites is 1. The van der Waals surface area contributed by atoms with E-state index < -0.39 is 70.9 Å². The van der Waals surface area contributed by atoms with Gasteiger partial charge in [-0.25, -0.2) is 9.59 Å². The highest BCUT2D eigenvalue weighted by atomic mass is 19.4. The highest BCUT2D eigenvalue weighted by Crippen LogP contribution is 2.44. The number of fused-ring (bicyclic) bond motifs is 2. The largest absolute Gasteiger partial charge is 0.438 e. The predicted octanol–water partition coefficient (Wildman–Crippen LogP) is 6.08. The zero-order valence-electron chi connectivity index (χ0n) is 28.4. The van der Waals surface area contributed by atoms with Gasteiger partial charge in [0.15, 0.2) is 6.10 Å². The Balaban J connectivity index is 1.35. The quantitative estimate of drug-likeness (QED) is 0.161. The number of nitrogens with two attached hydrogens (primary N) is 1. The van der Waals surface area contributed by atoms with E-state index in [1.807, 2.05) is 18.1 Å². The molecular weight excluding hydrogens is 698 g/mol. The maximum absolute atomic E-state index is 13.9. The van der Waals surface area contributed by atoms with Crippen LogP contribution in [0.25, 0.3) is 0 Å². The second kappa shape index (κ2) is 15.3. The summed E-state index contributed by atoms with van der Waals surface area (Å²) in [7, 11) is 1.86. The van der Waals surface area contributed by atoms with Crippen molar-refractivity contribution >= 4 is 29.5 Å². The molecule has 1 atom stereocenters. The standard InChI is InChI=1S/C35H40F6N6O5/c1-3-13-45(2)18-12-43-23-8-14-46(15-9-23)30(48)28(21-22-19-25(34(36,37)38)29(42)26(20-22)35(39,40)41)51-32(50)47-16-10-33(11-17-47)24-6-4-5-7-27(24)44-31(49)52-33/h3-7,12,18-20,23,28,43H,1,8-11,13-17,21,42H2,2H3,(H,44,49)/b18-12-/t28-/m1/s1. The summed E-state index contributed by atoms with van der Waals surface area (Å²) in [6.45, 7) is 4.73. The SMILES string of the molecule is C=CCN(C)/C=C\NC1CCN(C(=O)[C@@H](Cc2cc(C(F)(F)F)c(N)c(C(F)(F)F)c2)OC(=O)N2CCC3(CC2)OC(=O)Nc2ccccc23)CC1. The molecule has 3 heterocycles. The van der Waals surface area contributed by atoms with Gasteiger partial charge in [-0.15, -0.1) is 6.58 Å². The third-order valence-electron chi connectivity index (χ3n) is 9.45. The molecule has 2 aromatic rings. The number of benzene rings is 2. The summed E-state index contributed by atoms with van der Waals surface area (Å²) in [4.78, 5) is 44.3. The van der Waals surface area contributed by atoms with E-state index in [9.17, 15) is 40.7 Å². The van der Waals surface area contributed by atoms with E-state index in [4.69, 9.17) is 15.2 Å². The van der Waals surface area contributed by atoms with Crippen molar-refractivity contribution < 1.29 is 50.2 Å². The van der Waals surface area contributed by atoms with E-state index in [0.717, 1.165) is 5.56 Å². The molecule has 282 valence electrons. The molecular formula is C35H40F6N6O5. The van der Waals surface area contributed by atoms with Crippen molar-refractivity contribution in [3.05, 3.63) is 83.7 Å². The fourth-order valence-corrected chi connectivity index (χ4v) is 6.71. The molecule has 11 nitrogen and oxygen atoms in total. The van der Waals surface area contributed by atoms with Crippen molar-refractivity contribution in [1.82, 2.24) is 20.0 Å². The molecule has 0 unspecified atom stereocenters. The average molecular weight is 739 g/mol. The van der Waals surface area contributed by atoms with Gasteiger partial charge < -0.3 is 35.2 Å². The number of amides is 3. The minimum absolute atomic E-state index is 0.0193. The monoisotopic (exact) mass is 738 g/mol. The van der Waals surface area contributed by atoms with Crippen LogP contribution in [0.4, 0.5) is 47.3 Å². The summed E-state index contributed by atoms with van der Waals surface area (Å²) in [6.07, 6.45) is -8.04. The summed E-state index contributed by atoms with van der Waals surface area (Å²) in [5, 5.41) is 5.89. The molecule has 0 saturated carbocycles. The van der Waals surface area contributed by atoms with Gasteiger partial charge in [-0.2, -0.15) is 26.3 Å². The highest BCUT2D eigenvalue weighted by Gasteiger charge is 2.46. The molecule has 3 aliphatic rings. The number of halogens is 6. The lowest BCUT2D eigenvalue weighted by Crippen LogP contribution is -2.52. The van der Waals surface area contributed by atoms with Crippen LogP contribution in [-0.4, -0.2) is 84.7 Å². The molecule has 2 fully saturated rings. The molecule has 3 aliphatic heterocycles. The van der Waals surface area contributed by atoms with Gasteiger partial charge >= 0.3 is 24.5 Å². The Bertz CT molecular complexity index is 1650. The van der Waals surface area contributed by atoms with E-state index >= 15 is 0 Å². The highest BCUT2D eigenvalue weighted by molar-refractivity contribution is 5.89. The van der Waals surface area contributed by atoms with Crippen LogP contribution in [0.2, 0.25) is 0 Å². The molecule has 17 heteroatoms. The van der Waals surface area contributed by atoms with Crippen LogP contribution in [0, 0.1) is 0 Å². The van der Waals surface area contributed by atoms with Crippen LogP contribution in [0.15, 0.2) is 61.5 Å². The Labute approximate surface area is 296 Å². The number of carbonyl (C=O) groups is 3. The number of likely N-dealkylation sites (N-methyl/N-ethyl adjacent to an activating group) is 1. The summed E-state index contributed by atoms with van der Waals surface area (Å²) >= 11 is 0. The maximum Gasteiger partial charge on any atom is 0.418 e. The predicted molar refractivity (Wildman–Crippen MR) is 179 cm³/mol. The second-order valence-corrected chi connectivity index (χ2v) is 13.0. The first-order valence-corrected chi connectivity index (χ1v) is 16.7. The Morgan fingerprint density at radius 3 is 2.29 bits per heavy atom. The fraction of sp³-hybridized carbons (Fsp3) is 0.457. The van der Waals surface area contributed by atoms with Gasteiger partial charge in [0.2, 0.25) is 0 Å². The van der Waals surface area contributed by atoms with E-state index in [0.29, 0.717) is 37.2 Å². The third-order valence-corrected chi connectivity index (χ3v) is 9.45. The number of hydrogen-bond donors (Lipinski definition) is 3. The summed E-state index contributed by atoms with van der Waals surface area (Å²) in [5.74, 6) is -0.762. The number of ether oxygens (including phenoxy) is 2. The van der Waals surface area contributed by atoms with E-state index in [1.54, 1.807) is 36.5 Å². The van der Waals surface area contributed by atoms with Crippen molar-refractivity contribution in [2.45, 2.75) is 62.2 Å². The van der Waals surface area contributed by atoms with Crippen LogP contribution in [0.3, 0.4) is 0 Å². The maximum atomic E-state index is 13.9. The van der Waals surface area contributed by atoms with Crippen LogP contribution in [0.1, 0.15) is 47.9 Å². The molecule has 0 bridgehead atoms. The van der Waals surface area contributed by atoms with E-state index in [2.05, 4.69) is 17.2 Å². The molecule has 1 spiro atoms. The first-order valence-electron chi connectivity index (χ1n) is 16.7. The van der Waals surface area contributed by atoms with Gasteiger partial charge in [0, 0.05) is 83.0 Å². The van der Waals surface area contributed by atoms with Gasteiger partial charge in [0.25, 0.3) is 5.91 Å². The number of nitrogens with one attached hydrogen (secondary N) is 2. The number of rotatable bonds is 9. The van der Waals surface area contributed by atoms with Crippen LogP contribution >= 0.6 is 0 Å². The lowest BCUT2D eigenvalue weighted by molar-refractivity contribution is -0.142. The number of nitrogen functional groups attached to an aromatic ring is 1. The van der Waals surface area contributed by atoms with Crippen LogP contribution in [0.5, 0.6) is 0 Å². The first-order chi connectivity index (χ1) is 24.5. The number of likely N-dealkylation sites (tertiary alicyclic amines) is 2. The van der Waals surface area contributed by atoms with Crippen molar-refractivity contribution in [3.8, 4) is 0 Å². The van der Waals surface area contributed by atoms with E-state index in [-0.39, 0.29) is 45.1 Å². The van der Waals surface area contributed by atoms with Crippen LogP contribution in [-0.2, 0) is 38.6 Å². The number of carbonyl (C=O) groups excluding carboxylic acids is 3. The lowest BCUT2D eigenvalue weighted by atomic mass is 9.82. The minimum Gasteiger partial charge on any atom is -0.438 e. The zero-order valence-corrected chi connectivity index (χ0v) is 28.4. The summed E-state index contributed by atoms with van der Waals surface area (Å²) in [5.41, 5.74) is 0.108. The average Bonchev–Trinajstić information content (AvgIpc) is 3.08. The number of nitrogens with zero attached hydrogens (tertiary/aromatic N) is 3. The first kappa shape index (κ1) is 38.1. The van der Waals surface area contributed by atoms with Gasteiger partial charge in [0.1, 0.15) is 5.60 Å². The molecule has 4 N–H and O–H groups in total. The van der Waals surface area contributed by atoms with E-state index in [1.165, 1.54) is 9.80 Å². The second-order valence-electron chi connectivity index (χ2n) is 13.0. The van der Waals surface area contributed by atoms with Crippen molar-refractivity contribution in [3.63, 3.8) is 0 Å². The molecule has 5 rings (SSSR count). The third kappa shape index (κ3) is 8.67. The molecule has 0 aliphatic carbocycles. The Kier molecular flexibility index (Phi) is 11.2. The Hall–Kier alpha value is -5.09. The van der Waals surface area contributed by atoms with Gasteiger partial charge in [-0.1, -0.05) is 24.3 Å². The lowest BCUT2D eigenvalue weighted by Gasteiger charge is -2.44. The van der Waals surface area contributed by atoms with Gasteiger partial charge in [-0.05, 0) is 36.6 Å². The van der Waals surface area contributed by atoms with Crippen molar-refractivity contribution in [2.75, 3.05) is 50.8 Å². The zero-order chi connectivity index (χ0) is 37.8. The van der Waals surface area contributed by atoms with Gasteiger partial charge in [0.05, 0.1) is 22.5 Å². The molecule has 0 aromatic heterocycles. The summed E-state index contributed by atoms with van der Waals surface area (Å²) < 4.78 is 94.4. The molecule has 0 radical (unpaired) electrons. The number of anilines is 2. The number of hydrogen-bond acceptors (Lipinski definition) is 8. The fourth-order valence-electron chi connectivity index (χ4n) is 6.71. The Morgan fingerprint density at radius 2 is 1.69 bits per heavy atom. The topological polar surface area (TPSA) is 129 Å². The minimum atomic E-state index is -5.24. The van der Waals surface area contributed by atoms with Gasteiger partial charge in [-0.3, -0.25) is 10.1 Å². The van der Waals surface area contributed by atoms with Crippen LogP contribution < -0.4 is 16.4 Å². The molecule has 3 amide bonds.